The highest BCUT2D eigenvalue weighted by atomic mass is 16.5. The highest BCUT2D eigenvalue weighted by Gasteiger charge is 2.21. The Bertz CT molecular complexity index is 507. The van der Waals surface area contributed by atoms with Crippen molar-refractivity contribution in [2.45, 2.75) is 33.1 Å². The normalized spacial score (nSPS) is 14.5. The summed E-state index contributed by atoms with van der Waals surface area (Å²) in [5, 5.41) is 0. The summed E-state index contributed by atoms with van der Waals surface area (Å²) >= 11 is 0. The predicted molar refractivity (Wildman–Crippen MR) is 86.1 cm³/mol. The van der Waals surface area contributed by atoms with Crippen LogP contribution in [0.15, 0.2) is 24.3 Å². The van der Waals surface area contributed by atoms with Crippen LogP contribution in [0, 0.1) is 0 Å². The molecule has 1 fully saturated rings. The first-order valence-corrected chi connectivity index (χ1v) is 7.90. The van der Waals surface area contributed by atoms with Gasteiger partial charge in [0.25, 0.3) is 0 Å². The number of benzene rings is 1. The predicted octanol–water partition coefficient (Wildman–Crippen LogP) is 2.45. The number of likely N-dealkylation sites (tertiary alicyclic amines) is 1. The van der Waals surface area contributed by atoms with E-state index in [4.69, 9.17) is 4.74 Å². The molecule has 120 valence electrons. The maximum atomic E-state index is 12.4. The van der Waals surface area contributed by atoms with Crippen molar-refractivity contribution in [2.75, 3.05) is 31.1 Å². The summed E-state index contributed by atoms with van der Waals surface area (Å²) in [5.41, 5.74) is 0.723. The van der Waals surface area contributed by atoms with E-state index in [0.717, 1.165) is 37.4 Å². The lowest BCUT2D eigenvalue weighted by molar-refractivity contribution is -0.132. The van der Waals surface area contributed by atoms with E-state index in [0.29, 0.717) is 6.61 Å². The van der Waals surface area contributed by atoms with Crippen LogP contribution < -0.4 is 9.64 Å². The minimum Gasteiger partial charge on any atom is -0.494 e. The zero-order chi connectivity index (χ0) is 15.9. The summed E-state index contributed by atoms with van der Waals surface area (Å²) < 4.78 is 5.40. The van der Waals surface area contributed by atoms with Gasteiger partial charge in [-0.2, -0.15) is 0 Å². The number of hydrogen-bond donors (Lipinski definition) is 0. The first-order valence-electron chi connectivity index (χ1n) is 7.90. The van der Waals surface area contributed by atoms with E-state index in [2.05, 4.69) is 0 Å². The van der Waals surface area contributed by atoms with Gasteiger partial charge in [-0.05, 0) is 50.5 Å². The topological polar surface area (TPSA) is 49.9 Å². The van der Waals surface area contributed by atoms with Crippen LogP contribution in [-0.2, 0) is 9.59 Å². The van der Waals surface area contributed by atoms with E-state index in [1.165, 1.54) is 18.2 Å². The van der Waals surface area contributed by atoms with Crippen LogP contribution in [0.1, 0.15) is 33.1 Å². The average molecular weight is 304 g/mol. The summed E-state index contributed by atoms with van der Waals surface area (Å²) in [6.45, 7) is 5.71. The molecule has 0 saturated carbocycles. The molecule has 1 aliphatic heterocycles. The molecule has 0 spiro atoms. The molecular weight excluding hydrogens is 280 g/mol. The summed E-state index contributed by atoms with van der Waals surface area (Å²) in [6.07, 6.45) is 3.28. The number of amides is 2. The molecule has 0 aliphatic carbocycles. The van der Waals surface area contributed by atoms with Gasteiger partial charge in [0, 0.05) is 25.7 Å². The van der Waals surface area contributed by atoms with E-state index in [-0.39, 0.29) is 18.4 Å². The fourth-order valence-electron chi connectivity index (χ4n) is 2.65. The SMILES string of the molecule is CCOc1ccc(N(CC(=O)N2CCCCC2)C(C)=O)cc1. The Morgan fingerprint density at radius 3 is 2.32 bits per heavy atom. The van der Waals surface area contributed by atoms with E-state index in [9.17, 15) is 9.59 Å². The van der Waals surface area contributed by atoms with Crippen molar-refractivity contribution in [1.82, 2.24) is 4.90 Å². The van der Waals surface area contributed by atoms with Crippen molar-refractivity contribution >= 4 is 17.5 Å². The lowest BCUT2D eigenvalue weighted by atomic mass is 10.1. The van der Waals surface area contributed by atoms with E-state index >= 15 is 0 Å². The molecule has 5 heteroatoms. The highest BCUT2D eigenvalue weighted by molar-refractivity contribution is 5.97. The molecule has 1 heterocycles. The van der Waals surface area contributed by atoms with Gasteiger partial charge < -0.3 is 14.5 Å². The summed E-state index contributed by atoms with van der Waals surface area (Å²) in [5.74, 6) is 0.649. The van der Waals surface area contributed by atoms with E-state index < -0.39 is 0 Å². The van der Waals surface area contributed by atoms with Crippen LogP contribution in [0.5, 0.6) is 5.75 Å². The molecule has 0 bridgehead atoms. The molecule has 1 aromatic rings. The number of hydrogen-bond acceptors (Lipinski definition) is 3. The van der Waals surface area contributed by atoms with Gasteiger partial charge in [-0.15, -0.1) is 0 Å². The van der Waals surface area contributed by atoms with Crippen molar-refractivity contribution in [3.63, 3.8) is 0 Å². The fourth-order valence-corrected chi connectivity index (χ4v) is 2.65. The van der Waals surface area contributed by atoms with Crippen LogP contribution in [0.2, 0.25) is 0 Å². The van der Waals surface area contributed by atoms with Gasteiger partial charge in [-0.1, -0.05) is 0 Å². The van der Waals surface area contributed by atoms with Gasteiger partial charge in [0.1, 0.15) is 12.3 Å². The first kappa shape index (κ1) is 16.3. The number of nitrogens with zero attached hydrogens (tertiary/aromatic N) is 2. The summed E-state index contributed by atoms with van der Waals surface area (Å²) in [7, 11) is 0. The van der Waals surface area contributed by atoms with Crippen molar-refractivity contribution in [3.05, 3.63) is 24.3 Å². The van der Waals surface area contributed by atoms with E-state index in [1.54, 1.807) is 0 Å². The average Bonchev–Trinajstić information content (AvgIpc) is 2.54. The standard InChI is InChI=1S/C17H24N2O3/c1-3-22-16-9-7-15(8-10-16)19(14(2)20)13-17(21)18-11-5-4-6-12-18/h7-10H,3-6,11-13H2,1-2H3. The summed E-state index contributed by atoms with van der Waals surface area (Å²) in [6, 6.07) is 7.27. The zero-order valence-corrected chi connectivity index (χ0v) is 13.4. The molecule has 0 atom stereocenters. The molecule has 2 amide bonds. The van der Waals surface area contributed by atoms with Crippen LogP contribution in [0.25, 0.3) is 0 Å². The largest absolute Gasteiger partial charge is 0.494 e. The maximum absolute atomic E-state index is 12.4. The van der Waals surface area contributed by atoms with Crippen molar-refractivity contribution in [3.8, 4) is 5.75 Å². The fraction of sp³-hybridized carbons (Fsp3) is 0.529. The Morgan fingerprint density at radius 2 is 1.77 bits per heavy atom. The Hall–Kier alpha value is -2.04. The molecule has 22 heavy (non-hydrogen) atoms. The number of carbonyl (C=O) groups is 2. The van der Waals surface area contributed by atoms with Gasteiger partial charge >= 0.3 is 0 Å². The lowest BCUT2D eigenvalue weighted by Crippen LogP contribution is -2.44. The van der Waals surface area contributed by atoms with Crippen LogP contribution in [0.3, 0.4) is 0 Å². The van der Waals surface area contributed by atoms with Crippen LogP contribution in [0.4, 0.5) is 5.69 Å². The minimum absolute atomic E-state index is 0.0174. The molecule has 0 N–H and O–H groups in total. The van der Waals surface area contributed by atoms with E-state index in [1.807, 2.05) is 36.1 Å². The van der Waals surface area contributed by atoms with Gasteiger partial charge in [-0.25, -0.2) is 0 Å². The summed E-state index contributed by atoms with van der Waals surface area (Å²) in [4.78, 5) is 27.6. The molecule has 1 saturated heterocycles. The number of ether oxygens (including phenoxy) is 1. The second-order valence-electron chi connectivity index (χ2n) is 5.47. The molecule has 2 rings (SSSR count). The monoisotopic (exact) mass is 304 g/mol. The number of anilines is 1. The van der Waals surface area contributed by atoms with Crippen molar-refractivity contribution in [1.29, 1.82) is 0 Å². The van der Waals surface area contributed by atoms with Gasteiger partial charge in [-0.3, -0.25) is 9.59 Å². The van der Waals surface area contributed by atoms with Gasteiger partial charge in [0.05, 0.1) is 6.61 Å². The third-order valence-corrected chi connectivity index (χ3v) is 3.84. The molecule has 1 aromatic carbocycles. The molecule has 1 aliphatic rings. The smallest absolute Gasteiger partial charge is 0.242 e. The second kappa shape index (κ2) is 7.82. The lowest BCUT2D eigenvalue weighted by Gasteiger charge is -2.29. The quantitative estimate of drug-likeness (QED) is 0.839. The van der Waals surface area contributed by atoms with Gasteiger partial charge in [0.2, 0.25) is 11.8 Å². The Balaban J connectivity index is 2.05. The third kappa shape index (κ3) is 4.23. The van der Waals surface area contributed by atoms with Crippen molar-refractivity contribution < 1.29 is 14.3 Å². The van der Waals surface area contributed by atoms with Crippen LogP contribution >= 0.6 is 0 Å². The highest BCUT2D eigenvalue weighted by Crippen LogP contribution is 2.20. The first-order chi connectivity index (χ1) is 10.6. The maximum Gasteiger partial charge on any atom is 0.242 e. The number of piperidine rings is 1. The van der Waals surface area contributed by atoms with Crippen LogP contribution in [-0.4, -0.2) is 43.0 Å². The van der Waals surface area contributed by atoms with Gasteiger partial charge in [0.15, 0.2) is 0 Å². The molecular formula is C17H24N2O3. The number of carbonyl (C=O) groups excluding carboxylic acids is 2. The Morgan fingerprint density at radius 1 is 1.14 bits per heavy atom. The zero-order valence-electron chi connectivity index (χ0n) is 13.4. The number of rotatable bonds is 5. The second-order valence-corrected chi connectivity index (χ2v) is 5.47. The minimum atomic E-state index is -0.130. The molecule has 0 aromatic heterocycles. The van der Waals surface area contributed by atoms with Crippen molar-refractivity contribution in [2.24, 2.45) is 0 Å². The Labute approximate surface area is 131 Å². The Kier molecular flexibility index (Phi) is 5.81. The molecule has 0 radical (unpaired) electrons. The third-order valence-electron chi connectivity index (χ3n) is 3.84. The molecule has 0 unspecified atom stereocenters. The molecule has 5 nitrogen and oxygen atoms in total.